The summed E-state index contributed by atoms with van der Waals surface area (Å²) in [5.74, 6) is -0.982. The lowest BCUT2D eigenvalue weighted by molar-refractivity contribution is -0.383. The van der Waals surface area contributed by atoms with Crippen LogP contribution in [0.25, 0.3) is 10.9 Å². The van der Waals surface area contributed by atoms with Crippen molar-refractivity contribution in [3.8, 4) is 0 Å². The molecule has 0 unspecified atom stereocenters. The molecule has 6 heteroatoms. The summed E-state index contributed by atoms with van der Waals surface area (Å²) in [6, 6.07) is 3.42. The van der Waals surface area contributed by atoms with Gasteiger partial charge in [-0.3, -0.25) is 19.5 Å². The molecule has 16 heavy (non-hydrogen) atoms. The van der Waals surface area contributed by atoms with E-state index in [2.05, 4.69) is 0 Å². The van der Waals surface area contributed by atoms with Gasteiger partial charge in [0.05, 0.1) is 4.92 Å². The maximum absolute atomic E-state index is 13.4. The Bertz CT molecular complexity index is 603. The number of nitro groups is 1. The van der Waals surface area contributed by atoms with Crippen molar-refractivity contribution in [1.82, 2.24) is 4.57 Å². The van der Waals surface area contributed by atoms with Gasteiger partial charge in [-0.25, -0.2) is 4.39 Å². The van der Waals surface area contributed by atoms with Crippen molar-refractivity contribution >= 4 is 22.5 Å². The van der Waals surface area contributed by atoms with Crippen LogP contribution in [0.2, 0.25) is 0 Å². The molecule has 0 aliphatic heterocycles. The number of non-ortho nitro benzene ring substituents is 1. The smallest absolute Gasteiger partial charge is 0.281 e. The largest absolute Gasteiger partial charge is 0.294 e. The van der Waals surface area contributed by atoms with Crippen molar-refractivity contribution in [2.45, 2.75) is 6.92 Å². The van der Waals surface area contributed by atoms with E-state index in [0.29, 0.717) is 0 Å². The standard InChI is InChI=1S/C10H7FN2O3/c1-6(14)12-5-4-7-8(11)2-3-9(10(7)12)13(15)16/h2-5H,1H3. The van der Waals surface area contributed by atoms with Crippen LogP contribution in [0.5, 0.6) is 0 Å². The number of halogens is 1. The van der Waals surface area contributed by atoms with Gasteiger partial charge in [-0.2, -0.15) is 0 Å². The van der Waals surface area contributed by atoms with Gasteiger partial charge in [0, 0.05) is 24.6 Å². The van der Waals surface area contributed by atoms with Crippen molar-refractivity contribution in [3.05, 3.63) is 40.3 Å². The Balaban J connectivity index is 2.92. The van der Waals surface area contributed by atoms with E-state index in [-0.39, 0.29) is 16.6 Å². The number of carbonyl (C=O) groups excluding carboxylic acids is 1. The highest BCUT2D eigenvalue weighted by atomic mass is 19.1. The summed E-state index contributed by atoms with van der Waals surface area (Å²) in [5.41, 5.74) is -0.283. The summed E-state index contributed by atoms with van der Waals surface area (Å²) in [6.45, 7) is 1.26. The van der Waals surface area contributed by atoms with Gasteiger partial charge in [-0.05, 0) is 12.1 Å². The maximum atomic E-state index is 13.4. The number of nitrogens with zero attached hydrogens (tertiary/aromatic N) is 2. The molecule has 1 aromatic heterocycles. The molecule has 1 aromatic carbocycles. The first-order valence-electron chi connectivity index (χ1n) is 4.47. The van der Waals surface area contributed by atoms with Crippen LogP contribution in [-0.2, 0) is 0 Å². The maximum Gasteiger partial charge on any atom is 0.294 e. The zero-order chi connectivity index (χ0) is 11.9. The van der Waals surface area contributed by atoms with Gasteiger partial charge in [-0.15, -0.1) is 0 Å². The highest BCUT2D eigenvalue weighted by Crippen LogP contribution is 2.28. The van der Waals surface area contributed by atoms with E-state index in [1.54, 1.807) is 0 Å². The normalized spacial score (nSPS) is 10.6. The third-order valence-electron chi connectivity index (χ3n) is 2.31. The van der Waals surface area contributed by atoms with E-state index in [1.807, 2.05) is 0 Å². The number of benzene rings is 1. The van der Waals surface area contributed by atoms with Crippen molar-refractivity contribution in [2.24, 2.45) is 0 Å². The highest BCUT2D eigenvalue weighted by molar-refractivity contribution is 5.96. The van der Waals surface area contributed by atoms with Crippen LogP contribution >= 0.6 is 0 Å². The lowest BCUT2D eigenvalue weighted by Crippen LogP contribution is -2.05. The fraction of sp³-hybridized carbons (Fsp3) is 0.100. The monoisotopic (exact) mass is 222 g/mol. The van der Waals surface area contributed by atoms with Crippen molar-refractivity contribution in [3.63, 3.8) is 0 Å². The second-order valence-electron chi connectivity index (χ2n) is 3.29. The number of hydrogen-bond donors (Lipinski definition) is 0. The van der Waals surface area contributed by atoms with E-state index in [0.717, 1.165) is 16.7 Å². The first-order chi connectivity index (χ1) is 7.52. The van der Waals surface area contributed by atoms with Crippen LogP contribution in [0, 0.1) is 15.9 Å². The Morgan fingerprint density at radius 1 is 1.44 bits per heavy atom. The second kappa shape index (κ2) is 3.41. The highest BCUT2D eigenvalue weighted by Gasteiger charge is 2.19. The Hall–Kier alpha value is -2.24. The molecule has 0 spiro atoms. The average molecular weight is 222 g/mol. The third kappa shape index (κ3) is 1.35. The summed E-state index contributed by atoms with van der Waals surface area (Å²) in [6.07, 6.45) is 1.32. The molecule has 0 atom stereocenters. The molecule has 2 aromatic rings. The molecular formula is C10H7FN2O3. The van der Waals surface area contributed by atoms with Gasteiger partial charge in [0.1, 0.15) is 11.3 Å². The number of fused-ring (bicyclic) bond motifs is 1. The third-order valence-corrected chi connectivity index (χ3v) is 2.31. The lowest BCUT2D eigenvalue weighted by atomic mass is 10.2. The molecule has 0 saturated heterocycles. The molecule has 0 aliphatic carbocycles. The predicted molar refractivity (Wildman–Crippen MR) is 54.9 cm³/mol. The molecule has 0 radical (unpaired) electrons. The lowest BCUT2D eigenvalue weighted by Gasteiger charge is -2.00. The molecule has 0 fully saturated rings. The van der Waals surface area contributed by atoms with Crippen molar-refractivity contribution in [2.75, 3.05) is 0 Å². The van der Waals surface area contributed by atoms with E-state index in [9.17, 15) is 19.3 Å². The molecule has 1 heterocycles. The Kier molecular flexibility index (Phi) is 2.19. The fourth-order valence-corrected chi connectivity index (χ4v) is 1.62. The Morgan fingerprint density at radius 3 is 2.69 bits per heavy atom. The van der Waals surface area contributed by atoms with Crippen LogP contribution in [0.15, 0.2) is 24.4 Å². The van der Waals surface area contributed by atoms with E-state index >= 15 is 0 Å². The van der Waals surface area contributed by atoms with Crippen LogP contribution in [-0.4, -0.2) is 15.4 Å². The fourth-order valence-electron chi connectivity index (χ4n) is 1.62. The summed E-state index contributed by atoms with van der Waals surface area (Å²) < 4.78 is 14.4. The Morgan fingerprint density at radius 2 is 2.12 bits per heavy atom. The van der Waals surface area contributed by atoms with Gasteiger partial charge in [0.25, 0.3) is 5.69 Å². The molecule has 2 rings (SSSR count). The average Bonchev–Trinajstić information content (AvgIpc) is 2.62. The summed E-state index contributed by atoms with van der Waals surface area (Å²) in [4.78, 5) is 21.3. The molecule has 5 nitrogen and oxygen atoms in total. The number of aromatic nitrogens is 1. The molecule has 0 aliphatic rings. The first-order valence-corrected chi connectivity index (χ1v) is 4.47. The number of nitro benzene ring substituents is 1. The van der Waals surface area contributed by atoms with Gasteiger partial charge in [0.15, 0.2) is 0 Å². The zero-order valence-electron chi connectivity index (χ0n) is 8.31. The van der Waals surface area contributed by atoms with Crippen LogP contribution in [0.4, 0.5) is 10.1 Å². The minimum absolute atomic E-state index is 0.00231. The van der Waals surface area contributed by atoms with Gasteiger partial charge < -0.3 is 0 Å². The quantitative estimate of drug-likeness (QED) is 0.549. The minimum atomic E-state index is -0.638. The molecule has 0 saturated carbocycles. The van der Waals surface area contributed by atoms with E-state index in [4.69, 9.17) is 0 Å². The minimum Gasteiger partial charge on any atom is -0.281 e. The Labute approximate surface area is 89.2 Å². The number of hydrogen-bond acceptors (Lipinski definition) is 3. The number of rotatable bonds is 1. The summed E-state index contributed by atoms with van der Waals surface area (Å²) in [7, 11) is 0. The van der Waals surface area contributed by atoms with Crippen LogP contribution in [0.1, 0.15) is 11.7 Å². The van der Waals surface area contributed by atoms with Crippen molar-refractivity contribution < 1.29 is 14.1 Å². The predicted octanol–water partition coefficient (Wildman–Crippen LogP) is 2.35. The van der Waals surface area contributed by atoms with Gasteiger partial charge >= 0.3 is 0 Å². The summed E-state index contributed by atoms with van der Waals surface area (Å²) >= 11 is 0. The van der Waals surface area contributed by atoms with E-state index < -0.39 is 16.6 Å². The van der Waals surface area contributed by atoms with Crippen LogP contribution < -0.4 is 0 Å². The van der Waals surface area contributed by atoms with Gasteiger partial charge in [0.2, 0.25) is 5.91 Å². The molecule has 82 valence electrons. The summed E-state index contributed by atoms with van der Waals surface area (Å²) in [5, 5.41) is 10.8. The number of carbonyl (C=O) groups is 1. The second-order valence-corrected chi connectivity index (χ2v) is 3.29. The first kappa shape index (κ1) is 10.3. The molecular weight excluding hydrogens is 215 g/mol. The SMILES string of the molecule is CC(=O)n1ccc2c(F)ccc([N+](=O)[O-])c21. The molecule has 0 amide bonds. The topological polar surface area (TPSA) is 65.1 Å². The van der Waals surface area contributed by atoms with Crippen molar-refractivity contribution in [1.29, 1.82) is 0 Å². The van der Waals surface area contributed by atoms with E-state index in [1.165, 1.54) is 19.2 Å². The zero-order valence-corrected chi connectivity index (χ0v) is 8.31. The van der Waals surface area contributed by atoms with Gasteiger partial charge in [-0.1, -0.05) is 0 Å². The molecule has 0 N–H and O–H groups in total. The molecule has 0 bridgehead atoms. The van der Waals surface area contributed by atoms with Crippen LogP contribution in [0.3, 0.4) is 0 Å².